The SMILES string of the molecule is N#CN1CCCC(C#N)(C#N)C1(C#N)C#N. The van der Waals surface area contributed by atoms with Gasteiger partial charge >= 0.3 is 0 Å². The minimum atomic E-state index is -2.00. The molecule has 0 radical (unpaired) electrons. The lowest BCUT2D eigenvalue weighted by molar-refractivity contribution is 0.123. The van der Waals surface area contributed by atoms with E-state index in [0.717, 1.165) is 4.90 Å². The summed E-state index contributed by atoms with van der Waals surface area (Å²) < 4.78 is 0. The van der Waals surface area contributed by atoms with Gasteiger partial charge in [0.2, 0.25) is 0 Å². The normalized spacial score (nSPS) is 20.3. The van der Waals surface area contributed by atoms with Crippen LogP contribution in [0.5, 0.6) is 0 Å². The van der Waals surface area contributed by atoms with E-state index in [1.807, 2.05) is 0 Å². The molecule has 0 atom stereocenters. The number of likely N-dealkylation sites (tertiary alicyclic amines) is 1. The average Bonchev–Trinajstić information content (AvgIpc) is 2.37. The number of rotatable bonds is 0. The molecule has 16 heavy (non-hydrogen) atoms. The van der Waals surface area contributed by atoms with Gasteiger partial charge in [-0.2, -0.15) is 26.3 Å². The maximum absolute atomic E-state index is 9.07. The molecule has 76 valence electrons. The summed E-state index contributed by atoms with van der Waals surface area (Å²) in [6.07, 6.45) is 2.26. The third-order valence-corrected chi connectivity index (χ3v) is 2.78. The smallest absolute Gasteiger partial charge is 0.254 e. The van der Waals surface area contributed by atoms with Crippen molar-refractivity contribution in [1.29, 1.82) is 26.3 Å². The van der Waals surface area contributed by atoms with Crippen LogP contribution in [0.3, 0.4) is 0 Å². The Kier molecular flexibility index (Phi) is 2.68. The van der Waals surface area contributed by atoms with Crippen molar-refractivity contribution in [2.24, 2.45) is 5.41 Å². The molecule has 1 heterocycles. The maximum atomic E-state index is 9.07. The van der Waals surface area contributed by atoms with Crippen molar-refractivity contribution >= 4 is 0 Å². The van der Waals surface area contributed by atoms with Crippen LogP contribution in [0, 0.1) is 62.2 Å². The predicted molar refractivity (Wildman–Crippen MR) is 49.2 cm³/mol. The minimum Gasteiger partial charge on any atom is -0.276 e. The van der Waals surface area contributed by atoms with Crippen LogP contribution in [0.2, 0.25) is 0 Å². The van der Waals surface area contributed by atoms with Gasteiger partial charge in [-0.3, -0.25) is 4.90 Å². The highest BCUT2D eigenvalue weighted by atomic mass is 15.2. The molecule has 0 spiro atoms. The maximum Gasteiger partial charge on any atom is 0.254 e. The van der Waals surface area contributed by atoms with Gasteiger partial charge in [-0.15, -0.1) is 0 Å². The second kappa shape index (κ2) is 3.78. The highest BCUT2D eigenvalue weighted by Crippen LogP contribution is 2.42. The molecule has 0 unspecified atom stereocenters. The van der Waals surface area contributed by atoms with Gasteiger partial charge in [0.05, 0.1) is 12.1 Å². The van der Waals surface area contributed by atoms with E-state index in [2.05, 4.69) is 0 Å². The van der Waals surface area contributed by atoms with Gasteiger partial charge in [-0.1, -0.05) is 0 Å². The summed E-state index contributed by atoms with van der Waals surface area (Å²) in [6, 6.07) is 6.77. The van der Waals surface area contributed by atoms with E-state index in [1.165, 1.54) is 0 Å². The summed E-state index contributed by atoms with van der Waals surface area (Å²) >= 11 is 0. The van der Waals surface area contributed by atoms with Gasteiger partial charge in [0.15, 0.2) is 11.6 Å². The lowest BCUT2D eigenvalue weighted by atomic mass is 9.66. The standard InChI is InChI=1S/C10H6N6/c11-4-9(5-12)2-1-3-16(8-15)10(9,6-13)7-14/h1-3H2. The van der Waals surface area contributed by atoms with E-state index in [-0.39, 0.29) is 13.0 Å². The molecule has 0 bridgehead atoms. The molecule has 0 amide bonds. The van der Waals surface area contributed by atoms with Gasteiger partial charge in [0, 0.05) is 6.54 Å². The van der Waals surface area contributed by atoms with Gasteiger partial charge in [0.25, 0.3) is 5.54 Å². The summed E-state index contributed by atoms with van der Waals surface area (Å²) in [5.74, 6) is 0. The molecule has 0 saturated carbocycles. The van der Waals surface area contributed by atoms with Crippen molar-refractivity contribution in [3.8, 4) is 30.5 Å². The minimum absolute atomic E-state index is 0.124. The topological polar surface area (TPSA) is 122 Å². The first kappa shape index (κ1) is 11.3. The van der Waals surface area contributed by atoms with Crippen LogP contribution < -0.4 is 0 Å². The molecule has 1 aliphatic heterocycles. The summed E-state index contributed by atoms with van der Waals surface area (Å²) in [5, 5.41) is 45.1. The van der Waals surface area contributed by atoms with Gasteiger partial charge < -0.3 is 0 Å². The van der Waals surface area contributed by atoms with Crippen LogP contribution in [0.15, 0.2) is 0 Å². The Bertz CT molecular complexity index is 472. The Morgan fingerprint density at radius 3 is 1.81 bits per heavy atom. The fourth-order valence-corrected chi connectivity index (χ4v) is 1.84. The third kappa shape index (κ3) is 1.07. The second-order valence-electron chi connectivity index (χ2n) is 3.42. The van der Waals surface area contributed by atoms with Gasteiger partial charge in [0.1, 0.15) is 12.1 Å². The zero-order chi connectivity index (χ0) is 12.2. The van der Waals surface area contributed by atoms with Crippen molar-refractivity contribution in [3.05, 3.63) is 0 Å². The molecule has 6 nitrogen and oxygen atoms in total. The first-order valence-corrected chi connectivity index (χ1v) is 4.49. The molecule has 0 aromatic carbocycles. The van der Waals surface area contributed by atoms with Crippen molar-refractivity contribution in [1.82, 2.24) is 4.90 Å². The van der Waals surface area contributed by atoms with Crippen LogP contribution >= 0.6 is 0 Å². The molecule has 1 rings (SSSR count). The van der Waals surface area contributed by atoms with Crippen LogP contribution in [0.4, 0.5) is 0 Å². The molecule has 0 aromatic rings. The largest absolute Gasteiger partial charge is 0.276 e. The van der Waals surface area contributed by atoms with E-state index >= 15 is 0 Å². The Morgan fingerprint density at radius 2 is 1.44 bits per heavy atom. The lowest BCUT2D eigenvalue weighted by Gasteiger charge is -2.41. The molecule has 6 heteroatoms. The molecule has 0 aliphatic carbocycles. The van der Waals surface area contributed by atoms with E-state index in [9.17, 15) is 0 Å². The molecular weight excluding hydrogens is 204 g/mol. The Hall–Kier alpha value is -2.75. The van der Waals surface area contributed by atoms with Crippen LogP contribution in [-0.2, 0) is 0 Å². The third-order valence-electron chi connectivity index (χ3n) is 2.78. The van der Waals surface area contributed by atoms with Crippen molar-refractivity contribution in [3.63, 3.8) is 0 Å². The van der Waals surface area contributed by atoms with Crippen LogP contribution in [0.25, 0.3) is 0 Å². The molecule has 1 fully saturated rings. The molecule has 1 saturated heterocycles. The summed E-state index contributed by atoms with van der Waals surface area (Å²) in [4.78, 5) is 0.920. The van der Waals surface area contributed by atoms with E-state index < -0.39 is 11.0 Å². The number of hydrogen-bond donors (Lipinski definition) is 0. The number of nitrogens with zero attached hydrogens (tertiary/aromatic N) is 6. The Balaban J connectivity index is 3.50. The Labute approximate surface area is 92.7 Å². The lowest BCUT2D eigenvalue weighted by Crippen LogP contribution is -2.59. The highest BCUT2D eigenvalue weighted by Gasteiger charge is 2.60. The fraction of sp³-hybridized carbons (Fsp3) is 0.500. The van der Waals surface area contributed by atoms with Crippen LogP contribution in [-0.4, -0.2) is 17.0 Å². The zero-order valence-electron chi connectivity index (χ0n) is 8.30. The van der Waals surface area contributed by atoms with E-state index in [0.29, 0.717) is 6.42 Å². The first-order valence-electron chi connectivity index (χ1n) is 4.49. The second-order valence-corrected chi connectivity index (χ2v) is 3.42. The first-order chi connectivity index (χ1) is 7.66. The van der Waals surface area contributed by atoms with E-state index in [4.69, 9.17) is 26.3 Å². The molecule has 0 aromatic heterocycles. The Morgan fingerprint density at radius 1 is 0.875 bits per heavy atom. The summed E-state index contributed by atoms with van der Waals surface area (Å²) in [5.41, 5.74) is -3.76. The monoisotopic (exact) mass is 210 g/mol. The number of hydrogen-bond acceptors (Lipinski definition) is 6. The van der Waals surface area contributed by atoms with Crippen LogP contribution in [0.1, 0.15) is 12.8 Å². The highest BCUT2D eigenvalue weighted by molar-refractivity contribution is 5.42. The van der Waals surface area contributed by atoms with Crippen molar-refractivity contribution in [2.45, 2.75) is 18.4 Å². The van der Waals surface area contributed by atoms with Gasteiger partial charge in [-0.25, -0.2) is 0 Å². The van der Waals surface area contributed by atoms with Crippen molar-refractivity contribution < 1.29 is 0 Å². The van der Waals surface area contributed by atoms with E-state index in [1.54, 1.807) is 30.5 Å². The quantitative estimate of drug-likeness (QED) is 0.532. The fourth-order valence-electron chi connectivity index (χ4n) is 1.84. The van der Waals surface area contributed by atoms with Crippen molar-refractivity contribution in [2.75, 3.05) is 6.54 Å². The van der Waals surface area contributed by atoms with Gasteiger partial charge in [-0.05, 0) is 12.8 Å². The summed E-state index contributed by atoms with van der Waals surface area (Å²) in [6.45, 7) is 0.211. The molecule has 0 N–H and O–H groups in total. The predicted octanol–water partition coefficient (Wildman–Crippen LogP) is 0.383. The molecule has 1 aliphatic rings. The zero-order valence-corrected chi connectivity index (χ0v) is 8.30. The average molecular weight is 210 g/mol. The number of nitriles is 5. The summed E-state index contributed by atoms with van der Waals surface area (Å²) in [7, 11) is 0. The number of piperidine rings is 1. The molecular formula is C10H6N6.